The molecule has 2 heterocycles. The molecule has 4 atom stereocenters. The maximum Gasteiger partial charge on any atom is 0.324 e. The van der Waals surface area contributed by atoms with Crippen LogP contribution in [0.5, 0.6) is 0 Å². The number of nitriles is 1. The summed E-state index contributed by atoms with van der Waals surface area (Å²) in [6.45, 7) is 1.89. The zero-order chi connectivity index (χ0) is 26.2. The van der Waals surface area contributed by atoms with Gasteiger partial charge in [0.1, 0.15) is 5.54 Å². The van der Waals surface area contributed by atoms with Gasteiger partial charge in [-0.1, -0.05) is 29.8 Å². The Morgan fingerprint density at radius 3 is 2.50 bits per heavy atom. The molecule has 2 aliphatic rings. The summed E-state index contributed by atoms with van der Waals surface area (Å²) in [4.78, 5) is 52.3. The van der Waals surface area contributed by atoms with Crippen molar-refractivity contribution in [1.29, 1.82) is 5.26 Å². The molecule has 0 spiro atoms. The van der Waals surface area contributed by atoms with Crippen LogP contribution in [0.2, 0.25) is 5.02 Å². The molecule has 0 bridgehead atoms. The SMILES string of the molecule is Cc1ccc(N2C(=O)C3C(c4ccc(C#N)cc4)NC(CCCNC(N)=O)(C(=O)O)C3C2=O)cc1Cl. The number of carbonyl (C=O) groups excluding carboxylic acids is 3. The molecule has 4 amide bonds. The van der Waals surface area contributed by atoms with E-state index in [1.807, 2.05) is 6.07 Å². The smallest absolute Gasteiger partial charge is 0.324 e. The first-order chi connectivity index (χ1) is 17.1. The minimum Gasteiger partial charge on any atom is -0.480 e. The summed E-state index contributed by atoms with van der Waals surface area (Å²) < 4.78 is 0. The average molecular weight is 510 g/mol. The molecule has 4 unspecified atom stereocenters. The topological polar surface area (TPSA) is 166 Å². The van der Waals surface area contributed by atoms with Crippen LogP contribution >= 0.6 is 11.6 Å². The summed E-state index contributed by atoms with van der Waals surface area (Å²) in [7, 11) is 0. The Hall–Kier alpha value is -3.94. The Labute approximate surface area is 212 Å². The van der Waals surface area contributed by atoms with E-state index in [1.165, 1.54) is 6.07 Å². The molecule has 186 valence electrons. The van der Waals surface area contributed by atoms with Crippen molar-refractivity contribution in [2.24, 2.45) is 17.6 Å². The van der Waals surface area contributed by atoms with Gasteiger partial charge in [-0.2, -0.15) is 5.26 Å². The summed E-state index contributed by atoms with van der Waals surface area (Å²) in [5, 5.41) is 25.4. The zero-order valence-corrected chi connectivity index (χ0v) is 20.1. The summed E-state index contributed by atoms with van der Waals surface area (Å²) in [6.07, 6.45) is 0.154. The number of nitrogens with zero attached hydrogens (tertiary/aromatic N) is 2. The molecular weight excluding hydrogens is 486 g/mol. The quantitative estimate of drug-likeness (QED) is 0.328. The standard InChI is InChI=1S/C25H24ClN5O5/c1-13-3-8-16(11-17(13)26)31-21(32)18-19(22(31)33)25(23(34)35,9-2-10-29-24(28)36)30-20(18)15-6-4-14(12-27)5-7-15/h3-8,11,18-20,30H,2,9-10H2,1H3,(H,34,35)(H3,28,29,36). The van der Waals surface area contributed by atoms with Gasteiger partial charge in [0.2, 0.25) is 11.8 Å². The number of nitrogens with one attached hydrogen (secondary N) is 2. The number of primary amides is 1. The molecule has 2 saturated heterocycles. The third-order valence-electron chi connectivity index (χ3n) is 6.90. The summed E-state index contributed by atoms with van der Waals surface area (Å²) >= 11 is 6.25. The number of fused-ring (bicyclic) bond motifs is 1. The van der Waals surface area contributed by atoms with Crippen molar-refractivity contribution < 1.29 is 24.3 Å². The number of halogens is 1. The lowest BCUT2D eigenvalue weighted by molar-refractivity contribution is -0.149. The molecule has 2 fully saturated rings. The van der Waals surface area contributed by atoms with E-state index in [-0.39, 0.29) is 25.1 Å². The monoisotopic (exact) mass is 509 g/mol. The Morgan fingerprint density at radius 1 is 1.22 bits per heavy atom. The predicted molar refractivity (Wildman–Crippen MR) is 130 cm³/mol. The number of aryl methyl sites for hydroxylation is 1. The van der Waals surface area contributed by atoms with Crippen molar-refractivity contribution in [3.63, 3.8) is 0 Å². The second kappa shape index (κ2) is 9.60. The van der Waals surface area contributed by atoms with Crippen molar-refractivity contribution in [1.82, 2.24) is 10.6 Å². The van der Waals surface area contributed by atoms with E-state index >= 15 is 0 Å². The predicted octanol–water partition coefficient (Wildman–Crippen LogP) is 2.24. The van der Waals surface area contributed by atoms with Crippen molar-refractivity contribution in [3.8, 4) is 6.07 Å². The molecule has 0 saturated carbocycles. The highest BCUT2D eigenvalue weighted by molar-refractivity contribution is 6.32. The molecule has 5 N–H and O–H groups in total. The van der Waals surface area contributed by atoms with Crippen LogP contribution < -0.4 is 21.3 Å². The number of anilines is 1. The van der Waals surface area contributed by atoms with E-state index < -0.39 is 47.2 Å². The fourth-order valence-corrected chi connectivity index (χ4v) is 5.32. The third-order valence-corrected chi connectivity index (χ3v) is 7.30. The van der Waals surface area contributed by atoms with Crippen molar-refractivity contribution in [2.75, 3.05) is 11.4 Å². The maximum atomic E-state index is 13.8. The number of amides is 4. The van der Waals surface area contributed by atoms with Crippen molar-refractivity contribution >= 4 is 41.1 Å². The summed E-state index contributed by atoms with van der Waals surface area (Å²) in [5.41, 5.74) is 5.34. The molecule has 2 aliphatic heterocycles. The first kappa shape index (κ1) is 25.2. The van der Waals surface area contributed by atoms with Gasteiger partial charge in [0.25, 0.3) is 0 Å². The number of rotatable bonds is 7. The van der Waals surface area contributed by atoms with Crippen LogP contribution in [0.25, 0.3) is 0 Å². The van der Waals surface area contributed by atoms with Gasteiger partial charge < -0.3 is 16.2 Å². The first-order valence-corrected chi connectivity index (χ1v) is 11.7. The summed E-state index contributed by atoms with van der Waals surface area (Å²) in [6, 6.07) is 11.7. The molecule has 0 radical (unpaired) electrons. The number of nitrogens with two attached hydrogens (primary N) is 1. The van der Waals surface area contributed by atoms with E-state index in [9.17, 15) is 24.3 Å². The Kier molecular flexibility index (Phi) is 6.71. The lowest BCUT2D eigenvalue weighted by Gasteiger charge is -2.31. The zero-order valence-electron chi connectivity index (χ0n) is 19.3. The van der Waals surface area contributed by atoms with Gasteiger partial charge >= 0.3 is 12.0 Å². The Balaban J connectivity index is 1.79. The average Bonchev–Trinajstić information content (AvgIpc) is 3.33. The van der Waals surface area contributed by atoms with E-state index in [0.717, 1.165) is 10.5 Å². The van der Waals surface area contributed by atoms with Gasteiger partial charge in [-0.05, 0) is 55.2 Å². The van der Waals surface area contributed by atoms with Crippen LogP contribution in [0.1, 0.15) is 35.6 Å². The maximum absolute atomic E-state index is 13.8. The Morgan fingerprint density at radius 2 is 1.92 bits per heavy atom. The fraction of sp³-hybridized carbons (Fsp3) is 0.320. The molecule has 0 aliphatic carbocycles. The number of carbonyl (C=O) groups is 4. The van der Waals surface area contributed by atoms with Crippen molar-refractivity contribution in [3.05, 3.63) is 64.2 Å². The molecule has 11 heteroatoms. The minimum atomic E-state index is -1.78. The molecular formula is C25H24ClN5O5. The number of hydrogen-bond donors (Lipinski definition) is 4. The fourth-order valence-electron chi connectivity index (χ4n) is 5.14. The first-order valence-electron chi connectivity index (χ1n) is 11.3. The highest BCUT2D eigenvalue weighted by Crippen LogP contribution is 2.51. The number of carboxylic acid groups (broad SMARTS) is 1. The van der Waals surface area contributed by atoms with Gasteiger partial charge in [-0.15, -0.1) is 0 Å². The molecule has 2 aromatic rings. The van der Waals surface area contributed by atoms with Crippen LogP contribution in [0.15, 0.2) is 42.5 Å². The lowest BCUT2D eigenvalue weighted by Crippen LogP contribution is -2.56. The number of imide groups is 1. The highest BCUT2D eigenvalue weighted by Gasteiger charge is 2.68. The van der Waals surface area contributed by atoms with Gasteiger partial charge in [0, 0.05) is 17.6 Å². The second-order valence-corrected chi connectivity index (χ2v) is 9.38. The van der Waals surface area contributed by atoms with Gasteiger partial charge in [0.15, 0.2) is 0 Å². The molecule has 36 heavy (non-hydrogen) atoms. The lowest BCUT2D eigenvalue weighted by atomic mass is 9.77. The largest absolute Gasteiger partial charge is 0.480 e. The van der Waals surface area contributed by atoms with Crippen molar-refractivity contribution in [2.45, 2.75) is 31.3 Å². The molecule has 2 aromatic carbocycles. The van der Waals surface area contributed by atoms with Crippen LogP contribution in [0, 0.1) is 30.1 Å². The number of benzene rings is 2. The van der Waals surface area contributed by atoms with E-state index in [1.54, 1.807) is 43.3 Å². The third kappa shape index (κ3) is 4.17. The van der Waals surface area contributed by atoms with E-state index in [0.29, 0.717) is 16.1 Å². The summed E-state index contributed by atoms with van der Waals surface area (Å²) in [5.74, 6) is -4.68. The van der Waals surface area contributed by atoms with E-state index in [2.05, 4.69) is 10.6 Å². The molecule has 4 rings (SSSR count). The van der Waals surface area contributed by atoms with Gasteiger partial charge in [-0.3, -0.25) is 19.7 Å². The normalized spacial score (nSPS) is 24.9. The van der Waals surface area contributed by atoms with Crippen LogP contribution in [0.4, 0.5) is 10.5 Å². The Bertz CT molecular complexity index is 1290. The van der Waals surface area contributed by atoms with Gasteiger partial charge in [0.05, 0.1) is 29.2 Å². The number of aliphatic carboxylic acids is 1. The number of carboxylic acids is 1. The minimum absolute atomic E-state index is 0.0436. The number of urea groups is 1. The van der Waals surface area contributed by atoms with Crippen LogP contribution in [0.3, 0.4) is 0 Å². The van der Waals surface area contributed by atoms with Crippen LogP contribution in [-0.4, -0.2) is 41.0 Å². The number of hydrogen-bond acceptors (Lipinski definition) is 6. The molecule has 10 nitrogen and oxygen atoms in total. The van der Waals surface area contributed by atoms with Crippen LogP contribution in [-0.2, 0) is 14.4 Å². The second-order valence-electron chi connectivity index (χ2n) is 8.98. The highest BCUT2D eigenvalue weighted by atomic mass is 35.5. The van der Waals surface area contributed by atoms with Gasteiger partial charge in [-0.25, -0.2) is 9.69 Å². The molecule has 0 aromatic heterocycles. The van der Waals surface area contributed by atoms with E-state index in [4.69, 9.17) is 22.6 Å².